The molecule has 0 aliphatic heterocycles. The van der Waals surface area contributed by atoms with Crippen LogP contribution in [0.3, 0.4) is 0 Å². The van der Waals surface area contributed by atoms with Crippen molar-refractivity contribution >= 4 is 23.1 Å². The molecular formula is C13H19N3OS. The molecule has 0 spiro atoms. The van der Waals surface area contributed by atoms with E-state index in [4.69, 9.17) is 10.5 Å². The van der Waals surface area contributed by atoms with Gasteiger partial charge < -0.3 is 10.5 Å². The number of thioether (sulfide) groups is 1. The van der Waals surface area contributed by atoms with Gasteiger partial charge in [0, 0.05) is 5.75 Å². The average molecular weight is 265 g/mol. The summed E-state index contributed by atoms with van der Waals surface area (Å²) in [6.07, 6.45) is 3.98. The second-order valence-corrected chi connectivity index (χ2v) is 4.77. The number of hydrogen-bond acceptors (Lipinski definition) is 4. The second kappa shape index (κ2) is 8.58. The van der Waals surface area contributed by atoms with Crippen LogP contribution in [0.25, 0.3) is 0 Å². The summed E-state index contributed by atoms with van der Waals surface area (Å²) in [5.41, 5.74) is 6.67. The number of hydrogen-bond donors (Lipinski definition) is 1. The Hall–Kier alpha value is -1.49. The zero-order valence-corrected chi connectivity index (χ0v) is 11.6. The molecule has 0 heterocycles. The van der Waals surface area contributed by atoms with Crippen molar-refractivity contribution in [2.45, 2.75) is 19.8 Å². The number of nitrogens with zero attached hydrogens (tertiary/aromatic N) is 2. The van der Waals surface area contributed by atoms with Crippen molar-refractivity contribution in [1.29, 1.82) is 0 Å². The second-order valence-electron chi connectivity index (χ2n) is 3.66. The number of rotatable bonds is 6. The molecule has 0 aromatic heterocycles. The van der Waals surface area contributed by atoms with Gasteiger partial charge in [-0.05, 0) is 36.2 Å². The highest BCUT2D eigenvalue weighted by Gasteiger charge is 1.93. The summed E-state index contributed by atoms with van der Waals surface area (Å²) in [6, 6.07) is 7.59. The molecule has 0 aliphatic carbocycles. The smallest absolute Gasteiger partial charge is 0.180 e. The van der Waals surface area contributed by atoms with Crippen LogP contribution < -0.4 is 10.5 Å². The third-order valence-corrected chi connectivity index (χ3v) is 3.10. The summed E-state index contributed by atoms with van der Waals surface area (Å²) in [5.74, 6) is 1.81. The van der Waals surface area contributed by atoms with Gasteiger partial charge in [0.15, 0.2) is 5.17 Å². The Morgan fingerprint density at radius 2 is 2.11 bits per heavy atom. The van der Waals surface area contributed by atoms with Gasteiger partial charge in [0.2, 0.25) is 0 Å². The molecule has 0 aliphatic rings. The maximum absolute atomic E-state index is 5.70. The minimum atomic E-state index is 0.508. The summed E-state index contributed by atoms with van der Waals surface area (Å²) in [5, 5.41) is 8.39. The Balaban J connectivity index is 2.45. The molecule has 1 aromatic rings. The quantitative estimate of drug-likeness (QED) is 0.372. The Morgan fingerprint density at radius 1 is 1.39 bits per heavy atom. The van der Waals surface area contributed by atoms with E-state index < -0.39 is 0 Å². The lowest BCUT2D eigenvalue weighted by Crippen LogP contribution is -2.06. The van der Waals surface area contributed by atoms with Crippen molar-refractivity contribution in [3.05, 3.63) is 29.8 Å². The van der Waals surface area contributed by atoms with Gasteiger partial charge in [-0.3, -0.25) is 0 Å². The van der Waals surface area contributed by atoms with Crippen LogP contribution in [-0.4, -0.2) is 24.2 Å². The molecule has 0 saturated carbocycles. The van der Waals surface area contributed by atoms with Crippen molar-refractivity contribution in [3.8, 4) is 5.75 Å². The lowest BCUT2D eigenvalue weighted by molar-refractivity contribution is 0.415. The van der Waals surface area contributed by atoms with Crippen LogP contribution in [0.15, 0.2) is 34.5 Å². The number of benzene rings is 1. The largest absolute Gasteiger partial charge is 0.497 e. The van der Waals surface area contributed by atoms with Gasteiger partial charge in [0.1, 0.15) is 5.75 Å². The Kier molecular flexibility index (Phi) is 6.94. The first-order valence-corrected chi connectivity index (χ1v) is 6.88. The maximum Gasteiger partial charge on any atom is 0.180 e. The molecule has 2 N–H and O–H groups in total. The predicted molar refractivity (Wildman–Crippen MR) is 79.6 cm³/mol. The van der Waals surface area contributed by atoms with E-state index in [0.29, 0.717) is 5.17 Å². The minimum Gasteiger partial charge on any atom is -0.497 e. The van der Waals surface area contributed by atoms with E-state index in [2.05, 4.69) is 17.1 Å². The molecule has 1 aromatic carbocycles. The van der Waals surface area contributed by atoms with E-state index in [1.807, 2.05) is 24.3 Å². The highest BCUT2D eigenvalue weighted by atomic mass is 32.2. The third-order valence-electron chi connectivity index (χ3n) is 2.23. The number of nitrogens with two attached hydrogens (primary N) is 1. The van der Waals surface area contributed by atoms with E-state index in [1.165, 1.54) is 11.8 Å². The fraction of sp³-hybridized carbons (Fsp3) is 0.385. The van der Waals surface area contributed by atoms with Gasteiger partial charge in [-0.25, -0.2) is 0 Å². The highest BCUT2D eigenvalue weighted by Crippen LogP contribution is 2.10. The summed E-state index contributed by atoms with van der Waals surface area (Å²) in [7, 11) is 1.64. The van der Waals surface area contributed by atoms with Crippen molar-refractivity contribution in [2.24, 2.45) is 15.9 Å². The molecular weight excluding hydrogens is 246 g/mol. The molecule has 0 fully saturated rings. The molecule has 0 saturated heterocycles. The fourth-order valence-electron chi connectivity index (χ4n) is 1.19. The van der Waals surface area contributed by atoms with E-state index >= 15 is 0 Å². The van der Waals surface area contributed by atoms with Crippen LogP contribution in [0, 0.1) is 0 Å². The molecule has 0 atom stereocenters. The molecule has 4 nitrogen and oxygen atoms in total. The lowest BCUT2D eigenvalue weighted by Gasteiger charge is -1.98. The first-order valence-electron chi connectivity index (χ1n) is 5.89. The van der Waals surface area contributed by atoms with Gasteiger partial charge in [-0.15, -0.1) is 5.10 Å². The van der Waals surface area contributed by atoms with Crippen molar-refractivity contribution in [1.82, 2.24) is 0 Å². The zero-order valence-electron chi connectivity index (χ0n) is 10.8. The molecule has 0 unspecified atom stereocenters. The van der Waals surface area contributed by atoms with E-state index in [9.17, 15) is 0 Å². The lowest BCUT2D eigenvalue weighted by atomic mass is 10.2. The summed E-state index contributed by atoms with van der Waals surface area (Å²) < 4.78 is 5.07. The Morgan fingerprint density at radius 3 is 2.72 bits per heavy atom. The number of ether oxygens (including phenoxy) is 1. The van der Waals surface area contributed by atoms with Gasteiger partial charge in [-0.1, -0.05) is 25.1 Å². The van der Waals surface area contributed by atoms with Crippen LogP contribution in [0.5, 0.6) is 5.75 Å². The standard InChI is InChI=1S/C13H19N3OS/c1-3-4-9-18-13(14)16-15-10-11-5-7-12(17-2)8-6-11/h5-8,10H,3-4,9H2,1-2H3,(H2,14,16)/b15-10+. The molecule has 98 valence electrons. The SMILES string of the molecule is CCCCS/C(N)=N/N=C/c1ccc(OC)cc1. The monoisotopic (exact) mass is 265 g/mol. The van der Waals surface area contributed by atoms with E-state index in [1.54, 1.807) is 13.3 Å². The van der Waals surface area contributed by atoms with Crippen molar-refractivity contribution in [2.75, 3.05) is 12.9 Å². The van der Waals surface area contributed by atoms with Crippen molar-refractivity contribution < 1.29 is 4.74 Å². The topological polar surface area (TPSA) is 60.0 Å². The first kappa shape index (κ1) is 14.6. The maximum atomic E-state index is 5.70. The van der Waals surface area contributed by atoms with E-state index in [0.717, 1.165) is 29.9 Å². The van der Waals surface area contributed by atoms with Crippen LogP contribution in [0.4, 0.5) is 0 Å². The number of unbranched alkanes of at least 4 members (excludes halogenated alkanes) is 1. The van der Waals surface area contributed by atoms with Gasteiger partial charge in [-0.2, -0.15) is 5.10 Å². The fourth-order valence-corrected chi connectivity index (χ4v) is 1.94. The predicted octanol–water partition coefficient (Wildman–Crippen LogP) is 2.88. The molecule has 1 rings (SSSR count). The summed E-state index contributed by atoms with van der Waals surface area (Å²) >= 11 is 1.54. The van der Waals surface area contributed by atoms with Crippen LogP contribution in [-0.2, 0) is 0 Å². The first-order chi connectivity index (χ1) is 8.76. The third kappa shape index (κ3) is 5.72. The molecule has 0 amide bonds. The molecule has 0 bridgehead atoms. The minimum absolute atomic E-state index is 0.508. The van der Waals surface area contributed by atoms with Crippen LogP contribution in [0.1, 0.15) is 25.3 Å². The van der Waals surface area contributed by atoms with E-state index in [-0.39, 0.29) is 0 Å². The molecule has 5 heteroatoms. The normalized spacial score (nSPS) is 12.0. The summed E-state index contributed by atoms with van der Waals surface area (Å²) in [4.78, 5) is 0. The number of methoxy groups -OCH3 is 1. The zero-order chi connectivity index (χ0) is 13.2. The highest BCUT2D eigenvalue weighted by molar-refractivity contribution is 8.13. The molecule has 18 heavy (non-hydrogen) atoms. The molecule has 0 radical (unpaired) electrons. The van der Waals surface area contributed by atoms with Crippen LogP contribution >= 0.6 is 11.8 Å². The van der Waals surface area contributed by atoms with Crippen LogP contribution in [0.2, 0.25) is 0 Å². The average Bonchev–Trinajstić information content (AvgIpc) is 2.40. The Labute approximate surface area is 112 Å². The summed E-state index contributed by atoms with van der Waals surface area (Å²) in [6.45, 7) is 2.15. The van der Waals surface area contributed by atoms with Gasteiger partial charge >= 0.3 is 0 Å². The van der Waals surface area contributed by atoms with Gasteiger partial charge in [0.05, 0.1) is 13.3 Å². The van der Waals surface area contributed by atoms with Crippen molar-refractivity contribution in [3.63, 3.8) is 0 Å². The van der Waals surface area contributed by atoms with Gasteiger partial charge in [0.25, 0.3) is 0 Å². The Bertz CT molecular complexity index is 401. The number of amidine groups is 1.